The molecule has 2 N–H and O–H groups in total. The molecule has 0 aliphatic rings. The maximum Gasteiger partial charge on any atom is 0.418 e. The Morgan fingerprint density at radius 1 is 1.08 bits per heavy atom. The molecule has 140 valence electrons. The second-order valence-corrected chi connectivity index (χ2v) is 5.24. The van der Waals surface area contributed by atoms with Crippen molar-refractivity contribution in [3.8, 4) is 5.75 Å². The lowest BCUT2D eigenvalue weighted by atomic mass is 10.1. The zero-order chi connectivity index (χ0) is 19.5. The summed E-state index contributed by atoms with van der Waals surface area (Å²) in [5.74, 6) is -1.71. The average molecular weight is 378 g/mol. The molecule has 1 aromatic heterocycles. The molecule has 0 saturated heterocycles. The quantitative estimate of drug-likeness (QED) is 0.796. The van der Waals surface area contributed by atoms with Crippen molar-refractivity contribution in [2.24, 2.45) is 0 Å². The highest BCUT2D eigenvalue weighted by molar-refractivity contribution is 5.95. The van der Waals surface area contributed by atoms with Crippen molar-refractivity contribution in [2.45, 2.75) is 18.8 Å². The van der Waals surface area contributed by atoms with Crippen LogP contribution in [0.15, 0.2) is 36.5 Å². The molecule has 0 bridgehead atoms. The third-order valence-corrected chi connectivity index (χ3v) is 3.40. The molecular formula is C16H12F6N2O2. The van der Waals surface area contributed by atoms with Gasteiger partial charge in [0.05, 0.1) is 22.4 Å². The van der Waals surface area contributed by atoms with Gasteiger partial charge in [-0.2, -0.15) is 26.3 Å². The van der Waals surface area contributed by atoms with Crippen molar-refractivity contribution < 1.29 is 36.2 Å². The Hall–Kier alpha value is -2.78. The van der Waals surface area contributed by atoms with Gasteiger partial charge in [-0.3, -0.25) is 9.78 Å². The number of aromatic hydroxyl groups is 1. The van der Waals surface area contributed by atoms with Crippen molar-refractivity contribution in [1.29, 1.82) is 0 Å². The van der Waals surface area contributed by atoms with Crippen LogP contribution in [0.3, 0.4) is 0 Å². The van der Waals surface area contributed by atoms with Crippen molar-refractivity contribution in [3.05, 3.63) is 58.9 Å². The van der Waals surface area contributed by atoms with Gasteiger partial charge in [-0.25, -0.2) is 0 Å². The molecule has 0 atom stereocenters. The zero-order valence-corrected chi connectivity index (χ0v) is 12.9. The number of carbonyl (C=O) groups is 1. The molecule has 1 heterocycles. The van der Waals surface area contributed by atoms with Gasteiger partial charge in [0, 0.05) is 19.2 Å². The number of halogens is 6. The topological polar surface area (TPSA) is 62.2 Å². The summed E-state index contributed by atoms with van der Waals surface area (Å²) in [5.41, 5.74) is -2.94. The van der Waals surface area contributed by atoms with Gasteiger partial charge in [-0.15, -0.1) is 0 Å². The summed E-state index contributed by atoms with van der Waals surface area (Å²) in [7, 11) is 0. The molecule has 0 unspecified atom stereocenters. The van der Waals surface area contributed by atoms with E-state index < -0.39 is 40.7 Å². The summed E-state index contributed by atoms with van der Waals surface area (Å²) < 4.78 is 76.0. The van der Waals surface area contributed by atoms with E-state index in [9.17, 15) is 36.2 Å². The number of nitrogens with zero attached hydrogens (tertiary/aromatic N) is 1. The molecule has 1 aromatic carbocycles. The molecule has 0 saturated carbocycles. The van der Waals surface area contributed by atoms with Gasteiger partial charge in [0.1, 0.15) is 5.75 Å². The van der Waals surface area contributed by atoms with Crippen molar-refractivity contribution >= 4 is 5.91 Å². The van der Waals surface area contributed by atoms with Crippen LogP contribution in [0.2, 0.25) is 0 Å². The molecule has 4 nitrogen and oxygen atoms in total. The van der Waals surface area contributed by atoms with E-state index >= 15 is 0 Å². The number of benzene rings is 1. The van der Waals surface area contributed by atoms with Gasteiger partial charge < -0.3 is 10.4 Å². The van der Waals surface area contributed by atoms with Gasteiger partial charge in [-0.05, 0) is 18.2 Å². The fraction of sp³-hybridized carbons (Fsp3) is 0.250. The average Bonchev–Trinajstić information content (AvgIpc) is 2.54. The summed E-state index contributed by atoms with van der Waals surface area (Å²) in [4.78, 5) is 15.4. The number of carbonyl (C=O) groups excluding carboxylic acids is 1. The van der Waals surface area contributed by atoms with E-state index in [-0.39, 0.29) is 18.7 Å². The molecule has 0 fully saturated rings. The molecule has 10 heteroatoms. The Balaban J connectivity index is 2.04. The number of nitrogens with one attached hydrogen (secondary N) is 1. The molecule has 2 aromatic rings. The zero-order valence-electron chi connectivity index (χ0n) is 12.9. The number of alkyl halides is 6. The van der Waals surface area contributed by atoms with Gasteiger partial charge in [-0.1, -0.05) is 12.1 Å². The highest BCUT2D eigenvalue weighted by Gasteiger charge is 2.35. The first kappa shape index (κ1) is 19.5. The fourth-order valence-electron chi connectivity index (χ4n) is 2.15. The Kier molecular flexibility index (Phi) is 5.43. The van der Waals surface area contributed by atoms with Crippen LogP contribution in [-0.4, -0.2) is 22.5 Å². The van der Waals surface area contributed by atoms with E-state index in [1.54, 1.807) is 0 Å². The van der Waals surface area contributed by atoms with Crippen LogP contribution < -0.4 is 5.32 Å². The van der Waals surface area contributed by atoms with E-state index in [0.29, 0.717) is 12.3 Å². The SMILES string of the molecule is O=C(NCCc1ncc(C(F)(F)F)cc1O)c1ccccc1C(F)(F)F. The van der Waals surface area contributed by atoms with E-state index in [1.165, 1.54) is 6.07 Å². The normalized spacial score (nSPS) is 12.1. The third-order valence-electron chi connectivity index (χ3n) is 3.40. The van der Waals surface area contributed by atoms with Crippen molar-refractivity contribution in [2.75, 3.05) is 6.54 Å². The molecular weight excluding hydrogens is 366 g/mol. The predicted molar refractivity (Wildman–Crippen MR) is 78.4 cm³/mol. The minimum atomic E-state index is -4.71. The van der Waals surface area contributed by atoms with Crippen molar-refractivity contribution in [3.63, 3.8) is 0 Å². The number of amides is 1. The van der Waals surface area contributed by atoms with Crippen LogP contribution in [0.4, 0.5) is 26.3 Å². The minimum absolute atomic E-state index is 0.123. The van der Waals surface area contributed by atoms with Crippen LogP contribution in [0, 0.1) is 0 Å². The highest BCUT2D eigenvalue weighted by atomic mass is 19.4. The summed E-state index contributed by atoms with van der Waals surface area (Å²) in [5, 5.41) is 11.8. The molecule has 0 aliphatic carbocycles. The summed E-state index contributed by atoms with van der Waals surface area (Å²) >= 11 is 0. The first-order valence-corrected chi connectivity index (χ1v) is 7.19. The Morgan fingerprint density at radius 2 is 1.73 bits per heavy atom. The van der Waals surface area contributed by atoms with E-state index in [2.05, 4.69) is 10.3 Å². The van der Waals surface area contributed by atoms with Gasteiger partial charge in [0.15, 0.2) is 0 Å². The van der Waals surface area contributed by atoms with Crippen LogP contribution in [-0.2, 0) is 18.8 Å². The number of aromatic nitrogens is 1. The largest absolute Gasteiger partial charge is 0.506 e. The number of hydrogen-bond donors (Lipinski definition) is 2. The fourth-order valence-corrected chi connectivity index (χ4v) is 2.15. The number of rotatable bonds is 4. The van der Waals surface area contributed by atoms with Gasteiger partial charge in [0.2, 0.25) is 0 Å². The smallest absolute Gasteiger partial charge is 0.418 e. The lowest BCUT2D eigenvalue weighted by Crippen LogP contribution is -2.28. The summed E-state index contributed by atoms with van der Waals surface area (Å²) in [6.07, 6.45) is -9.01. The van der Waals surface area contributed by atoms with Crippen LogP contribution in [0.25, 0.3) is 0 Å². The standard InChI is InChI=1S/C16H12F6N2O2/c17-15(18,19)9-7-13(25)12(24-8-9)5-6-23-14(26)10-3-1-2-4-11(10)16(20,21)22/h1-4,7-8,25H,5-6H2,(H,23,26). The molecule has 2 rings (SSSR count). The van der Waals surface area contributed by atoms with Crippen molar-refractivity contribution in [1.82, 2.24) is 10.3 Å². The molecule has 0 radical (unpaired) electrons. The number of hydrogen-bond acceptors (Lipinski definition) is 3. The molecule has 26 heavy (non-hydrogen) atoms. The van der Waals surface area contributed by atoms with E-state index in [4.69, 9.17) is 0 Å². The maximum absolute atomic E-state index is 12.9. The summed E-state index contributed by atoms with van der Waals surface area (Å²) in [6.45, 7) is -0.225. The minimum Gasteiger partial charge on any atom is -0.506 e. The summed E-state index contributed by atoms with van der Waals surface area (Å²) in [6, 6.07) is 4.67. The Labute approximate surface area is 143 Å². The van der Waals surface area contributed by atoms with Crippen LogP contribution in [0.1, 0.15) is 27.2 Å². The van der Waals surface area contributed by atoms with E-state index in [0.717, 1.165) is 18.2 Å². The predicted octanol–water partition coefficient (Wildman–Crippen LogP) is 3.80. The highest BCUT2D eigenvalue weighted by Crippen LogP contribution is 2.32. The molecule has 0 aliphatic heterocycles. The lowest BCUT2D eigenvalue weighted by molar-refractivity contribution is -0.138. The third kappa shape index (κ3) is 4.64. The monoisotopic (exact) mass is 378 g/mol. The maximum atomic E-state index is 12.9. The second kappa shape index (κ2) is 7.22. The van der Waals surface area contributed by atoms with Gasteiger partial charge in [0.25, 0.3) is 5.91 Å². The van der Waals surface area contributed by atoms with Gasteiger partial charge >= 0.3 is 12.4 Å². The molecule has 1 amide bonds. The lowest BCUT2D eigenvalue weighted by Gasteiger charge is -2.13. The first-order valence-electron chi connectivity index (χ1n) is 7.19. The Bertz CT molecular complexity index is 802. The second-order valence-electron chi connectivity index (χ2n) is 5.24. The van der Waals surface area contributed by atoms with Crippen LogP contribution in [0.5, 0.6) is 5.75 Å². The number of pyridine rings is 1. The van der Waals surface area contributed by atoms with E-state index in [1.807, 2.05) is 0 Å². The first-order chi connectivity index (χ1) is 12.0. The Morgan fingerprint density at radius 3 is 2.31 bits per heavy atom. The van der Waals surface area contributed by atoms with Crippen LogP contribution >= 0.6 is 0 Å². The molecule has 0 spiro atoms.